The van der Waals surface area contributed by atoms with Crippen LogP contribution in [0.25, 0.3) is 0 Å². The van der Waals surface area contributed by atoms with Crippen LogP contribution in [-0.4, -0.2) is 45.0 Å². The number of likely N-dealkylation sites (tertiary alicyclic amines) is 1. The molecule has 31 heavy (non-hydrogen) atoms. The van der Waals surface area contributed by atoms with Crippen LogP contribution in [-0.2, 0) is 22.7 Å². The van der Waals surface area contributed by atoms with Crippen molar-refractivity contribution in [1.29, 1.82) is 0 Å². The molecule has 1 saturated heterocycles. The summed E-state index contributed by atoms with van der Waals surface area (Å²) in [6, 6.07) is 20.1. The van der Waals surface area contributed by atoms with E-state index in [9.17, 15) is 9.59 Å². The van der Waals surface area contributed by atoms with Crippen molar-refractivity contribution in [2.24, 2.45) is 5.92 Å². The van der Waals surface area contributed by atoms with Crippen molar-refractivity contribution in [3.8, 4) is 0 Å². The standard InChI is InChI=1S/C25H28N4O2/c1-19(22-11-7-4-8-12-22)29-18-23(13-24(29)30)25(31)27(2)15-21-14-26-28(17-21)16-20-9-5-3-6-10-20/h3-12,14,17,19,23H,13,15-16,18H2,1-2H3/t19-,23+/m0/s1. The van der Waals surface area contributed by atoms with Gasteiger partial charge in [-0.2, -0.15) is 5.10 Å². The highest BCUT2D eigenvalue weighted by molar-refractivity contribution is 5.89. The Kier molecular flexibility index (Phi) is 6.16. The highest BCUT2D eigenvalue weighted by atomic mass is 16.2. The van der Waals surface area contributed by atoms with Crippen LogP contribution in [0, 0.1) is 5.92 Å². The van der Waals surface area contributed by atoms with Gasteiger partial charge in [0.25, 0.3) is 0 Å². The zero-order valence-electron chi connectivity index (χ0n) is 18.0. The molecule has 2 amide bonds. The van der Waals surface area contributed by atoms with Crippen molar-refractivity contribution in [3.05, 3.63) is 89.7 Å². The highest BCUT2D eigenvalue weighted by Gasteiger charge is 2.38. The van der Waals surface area contributed by atoms with Crippen molar-refractivity contribution in [2.75, 3.05) is 13.6 Å². The molecule has 0 saturated carbocycles. The maximum Gasteiger partial charge on any atom is 0.228 e. The maximum atomic E-state index is 13.0. The normalized spacial score (nSPS) is 17.0. The van der Waals surface area contributed by atoms with Gasteiger partial charge in [0.2, 0.25) is 11.8 Å². The quantitative estimate of drug-likeness (QED) is 0.592. The first-order chi connectivity index (χ1) is 15.0. The molecule has 2 atom stereocenters. The van der Waals surface area contributed by atoms with Gasteiger partial charge in [-0.15, -0.1) is 0 Å². The van der Waals surface area contributed by atoms with E-state index in [1.165, 1.54) is 5.56 Å². The lowest BCUT2D eigenvalue weighted by Crippen LogP contribution is -2.34. The molecule has 0 N–H and O–H groups in total. The van der Waals surface area contributed by atoms with Gasteiger partial charge in [0.15, 0.2) is 0 Å². The predicted molar refractivity (Wildman–Crippen MR) is 119 cm³/mol. The van der Waals surface area contributed by atoms with E-state index in [4.69, 9.17) is 0 Å². The Labute approximate surface area is 183 Å². The summed E-state index contributed by atoms with van der Waals surface area (Å²) in [7, 11) is 1.80. The fourth-order valence-corrected chi connectivity index (χ4v) is 4.19. The molecule has 4 rings (SSSR count). The van der Waals surface area contributed by atoms with E-state index in [1.54, 1.807) is 18.1 Å². The molecule has 1 aliphatic rings. The molecule has 3 aromatic rings. The molecule has 160 valence electrons. The number of nitrogens with zero attached hydrogens (tertiary/aromatic N) is 4. The summed E-state index contributed by atoms with van der Waals surface area (Å²) in [5, 5.41) is 4.42. The molecule has 1 aliphatic heterocycles. The number of carbonyl (C=O) groups is 2. The minimum absolute atomic E-state index is 0.00641. The van der Waals surface area contributed by atoms with Gasteiger partial charge in [-0.05, 0) is 18.1 Å². The lowest BCUT2D eigenvalue weighted by atomic mass is 10.1. The number of amides is 2. The highest BCUT2D eigenvalue weighted by Crippen LogP contribution is 2.29. The average molecular weight is 417 g/mol. The van der Waals surface area contributed by atoms with Gasteiger partial charge in [0.1, 0.15) is 0 Å². The van der Waals surface area contributed by atoms with E-state index in [2.05, 4.69) is 17.2 Å². The van der Waals surface area contributed by atoms with Gasteiger partial charge in [0, 0.05) is 38.3 Å². The largest absolute Gasteiger partial charge is 0.341 e. The van der Waals surface area contributed by atoms with E-state index < -0.39 is 0 Å². The third-order valence-electron chi connectivity index (χ3n) is 5.93. The molecule has 1 fully saturated rings. The van der Waals surface area contributed by atoms with Crippen molar-refractivity contribution < 1.29 is 9.59 Å². The van der Waals surface area contributed by atoms with Crippen molar-refractivity contribution in [3.63, 3.8) is 0 Å². The van der Waals surface area contributed by atoms with Crippen molar-refractivity contribution >= 4 is 11.8 Å². The molecule has 6 nitrogen and oxygen atoms in total. The van der Waals surface area contributed by atoms with Gasteiger partial charge >= 0.3 is 0 Å². The smallest absolute Gasteiger partial charge is 0.228 e. The summed E-state index contributed by atoms with van der Waals surface area (Å²) in [4.78, 5) is 29.2. The summed E-state index contributed by atoms with van der Waals surface area (Å²) in [6.45, 7) is 3.66. The Balaban J connectivity index is 1.35. The Hall–Kier alpha value is -3.41. The van der Waals surface area contributed by atoms with Gasteiger partial charge in [-0.3, -0.25) is 14.3 Å². The van der Waals surface area contributed by atoms with Crippen LogP contribution in [0.5, 0.6) is 0 Å². The third kappa shape index (κ3) is 4.85. The molecule has 0 bridgehead atoms. The number of hydrogen-bond donors (Lipinski definition) is 0. The topological polar surface area (TPSA) is 58.4 Å². The van der Waals surface area contributed by atoms with Crippen LogP contribution in [0.15, 0.2) is 73.1 Å². The molecule has 1 aromatic heterocycles. The minimum Gasteiger partial charge on any atom is -0.341 e. The zero-order valence-corrected chi connectivity index (χ0v) is 18.0. The van der Waals surface area contributed by atoms with Crippen LogP contribution >= 0.6 is 0 Å². The van der Waals surface area contributed by atoms with E-state index in [0.717, 1.165) is 11.1 Å². The summed E-state index contributed by atoms with van der Waals surface area (Å²) in [5.41, 5.74) is 3.24. The minimum atomic E-state index is -0.303. The van der Waals surface area contributed by atoms with E-state index in [-0.39, 0.29) is 30.2 Å². The van der Waals surface area contributed by atoms with Crippen molar-refractivity contribution in [2.45, 2.75) is 32.5 Å². The van der Waals surface area contributed by atoms with Gasteiger partial charge in [-0.25, -0.2) is 0 Å². The molecule has 2 aromatic carbocycles. The summed E-state index contributed by atoms with van der Waals surface area (Å²) >= 11 is 0. The molecule has 0 aliphatic carbocycles. The molecule has 6 heteroatoms. The Bertz CT molecular complexity index is 1030. The Morgan fingerprint density at radius 1 is 1.10 bits per heavy atom. The predicted octanol–water partition coefficient (Wildman–Crippen LogP) is 3.50. The number of aromatic nitrogens is 2. The second-order valence-electron chi connectivity index (χ2n) is 8.26. The Morgan fingerprint density at radius 2 is 1.77 bits per heavy atom. The molecular weight excluding hydrogens is 388 g/mol. The number of rotatable bonds is 7. The first-order valence-electron chi connectivity index (χ1n) is 10.7. The summed E-state index contributed by atoms with van der Waals surface area (Å²) in [6.07, 6.45) is 4.05. The molecule has 0 radical (unpaired) electrons. The molecule has 2 heterocycles. The lowest BCUT2D eigenvalue weighted by molar-refractivity contribution is -0.135. The van der Waals surface area contributed by atoms with Gasteiger partial charge in [-0.1, -0.05) is 60.7 Å². The van der Waals surface area contributed by atoms with Gasteiger partial charge in [0.05, 0.1) is 24.7 Å². The number of hydrogen-bond acceptors (Lipinski definition) is 3. The SMILES string of the molecule is C[C@@H](c1ccccc1)N1C[C@H](C(=O)N(C)Cc2cnn(Cc3ccccc3)c2)CC1=O. The van der Waals surface area contributed by atoms with Crippen LogP contribution in [0.3, 0.4) is 0 Å². The first-order valence-corrected chi connectivity index (χ1v) is 10.7. The molecular formula is C25H28N4O2. The lowest BCUT2D eigenvalue weighted by Gasteiger charge is -2.26. The van der Waals surface area contributed by atoms with Crippen LogP contribution in [0.2, 0.25) is 0 Å². The Morgan fingerprint density at radius 3 is 2.48 bits per heavy atom. The molecule has 0 unspecified atom stereocenters. The number of benzene rings is 2. The van der Waals surface area contributed by atoms with E-state index in [0.29, 0.717) is 19.6 Å². The van der Waals surface area contributed by atoms with Crippen LogP contribution in [0.4, 0.5) is 0 Å². The third-order valence-corrected chi connectivity index (χ3v) is 5.93. The first kappa shape index (κ1) is 20.8. The fourth-order valence-electron chi connectivity index (χ4n) is 4.19. The van der Waals surface area contributed by atoms with E-state index >= 15 is 0 Å². The summed E-state index contributed by atoms with van der Waals surface area (Å²) in [5.74, 6) is -0.256. The molecule has 0 spiro atoms. The summed E-state index contributed by atoms with van der Waals surface area (Å²) < 4.78 is 1.88. The zero-order chi connectivity index (χ0) is 21.8. The van der Waals surface area contributed by atoms with Crippen LogP contribution in [0.1, 0.15) is 36.1 Å². The second kappa shape index (κ2) is 9.16. The number of carbonyl (C=O) groups excluding carboxylic acids is 2. The monoisotopic (exact) mass is 416 g/mol. The average Bonchev–Trinajstić information content (AvgIpc) is 3.40. The van der Waals surface area contributed by atoms with Crippen LogP contribution < -0.4 is 0 Å². The van der Waals surface area contributed by atoms with Crippen molar-refractivity contribution in [1.82, 2.24) is 19.6 Å². The fraction of sp³-hybridized carbons (Fsp3) is 0.320. The van der Waals surface area contributed by atoms with E-state index in [1.807, 2.05) is 71.2 Å². The van der Waals surface area contributed by atoms with Gasteiger partial charge < -0.3 is 9.80 Å². The second-order valence-corrected chi connectivity index (χ2v) is 8.26. The maximum absolute atomic E-state index is 13.0.